The third kappa shape index (κ3) is 6.69. The molecular formula is C16H27FN2. The molecule has 1 rings (SSSR count). The summed E-state index contributed by atoms with van der Waals surface area (Å²) >= 11 is 0. The molecule has 0 fully saturated rings. The van der Waals surface area contributed by atoms with Crippen molar-refractivity contribution in [2.45, 2.75) is 40.3 Å². The maximum atomic E-state index is 13.1. The van der Waals surface area contributed by atoms with Crippen LogP contribution in [0.5, 0.6) is 0 Å². The van der Waals surface area contributed by atoms with Crippen molar-refractivity contribution in [3.05, 3.63) is 35.6 Å². The van der Waals surface area contributed by atoms with E-state index in [-0.39, 0.29) is 11.2 Å². The van der Waals surface area contributed by atoms with Gasteiger partial charge in [-0.2, -0.15) is 0 Å². The van der Waals surface area contributed by atoms with E-state index in [2.05, 4.69) is 45.0 Å². The number of benzene rings is 1. The highest BCUT2D eigenvalue weighted by atomic mass is 19.1. The monoisotopic (exact) mass is 266 g/mol. The minimum atomic E-state index is -0.161. The molecule has 1 aromatic rings. The van der Waals surface area contributed by atoms with E-state index < -0.39 is 0 Å². The van der Waals surface area contributed by atoms with Crippen molar-refractivity contribution in [1.82, 2.24) is 10.2 Å². The van der Waals surface area contributed by atoms with Crippen LogP contribution in [-0.4, -0.2) is 31.1 Å². The van der Waals surface area contributed by atoms with Crippen molar-refractivity contribution >= 4 is 0 Å². The topological polar surface area (TPSA) is 15.3 Å². The molecule has 0 aliphatic rings. The first kappa shape index (κ1) is 16.1. The second-order valence-electron chi connectivity index (χ2n) is 6.50. The Labute approximate surface area is 117 Å². The van der Waals surface area contributed by atoms with Gasteiger partial charge in [-0.05, 0) is 30.2 Å². The molecule has 0 bridgehead atoms. The molecule has 0 spiro atoms. The first-order valence-corrected chi connectivity index (χ1v) is 6.95. The average Bonchev–Trinajstić information content (AvgIpc) is 2.25. The normalized spacial score (nSPS) is 12.4. The van der Waals surface area contributed by atoms with Gasteiger partial charge in [0.25, 0.3) is 0 Å². The lowest BCUT2D eigenvalue weighted by molar-refractivity contribution is 0.195. The lowest BCUT2D eigenvalue weighted by atomic mass is 9.92. The van der Waals surface area contributed by atoms with Crippen molar-refractivity contribution in [2.24, 2.45) is 5.41 Å². The minimum absolute atomic E-state index is 0.161. The second kappa shape index (κ2) is 7.01. The first-order chi connectivity index (χ1) is 8.78. The van der Waals surface area contributed by atoms with E-state index in [9.17, 15) is 4.39 Å². The Morgan fingerprint density at radius 1 is 1.32 bits per heavy atom. The molecule has 0 aromatic heterocycles. The highest BCUT2D eigenvalue weighted by Gasteiger charge is 2.20. The van der Waals surface area contributed by atoms with Crippen LogP contribution in [0, 0.1) is 11.2 Å². The van der Waals surface area contributed by atoms with Crippen molar-refractivity contribution in [1.29, 1.82) is 0 Å². The van der Waals surface area contributed by atoms with Crippen LogP contribution < -0.4 is 5.32 Å². The molecule has 108 valence electrons. The zero-order valence-corrected chi connectivity index (χ0v) is 12.8. The van der Waals surface area contributed by atoms with Gasteiger partial charge in [-0.3, -0.25) is 0 Å². The molecule has 0 saturated heterocycles. The third-order valence-corrected chi connectivity index (χ3v) is 3.03. The van der Waals surface area contributed by atoms with Crippen LogP contribution >= 0.6 is 0 Å². The summed E-state index contributed by atoms with van der Waals surface area (Å²) in [5, 5.41) is 3.48. The lowest BCUT2D eigenvalue weighted by Crippen LogP contribution is -2.40. The van der Waals surface area contributed by atoms with E-state index in [0.717, 1.165) is 25.2 Å². The van der Waals surface area contributed by atoms with Crippen LogP contribution in [0.2, 0.25) is 0 Å². The molecule has 0 radical (unpaired) electrons. The first-order valence-electron chi connectivity index (χ1n) is 6.95. The van der Waals surface area contributed by atoms with Gasteiger partial charge in [0.1, 0.15) is 5.82 Å². The van der Waals surface area contributed by atoms with Gasteiger partial charge in [-0.15, -0.1) is 0 Å². The average molecular weight is 266 g/mol. The van der Waals surface area contributed by atoms with E-state index >= 15 is 0 Å². The standard InChI is InChI=1S/C16H27FN2/c1-13(2)18-11-16(3,4)12-19(5)10-14-7-6-8-15(17)9-14/h6-9,13,18H,10-12H2,1-5H3. The summed E-state index contributed by atoms with van der Waals surface area (Å²) in [5.41, 5.74) is 1.22. The largest absolute Gasteiger partial charge is 0.314 e. The zero-order valence-electron chi connectivity index (χ0n) is 12.8. The smallest absolute Gasteiger partial charge is 0.123 e. The van der Waals surface area contributed by atoms with Gasteiger partial charge >= 0.3 is 0 Å². The van der Waals surface area contributed by atoms with Gasteiger partial charge in [0.15, 0.2) is 0 Å². The highest BCUT2D eigenvalue weighted by Crippen LogP contribution is 2.17. The quantitative estimate of drug-likeness (QED) is 0.815. The fraction of sp³-hybridized carbons (Fsp3) is 0.625. The lowest BCUT2D eigenvalue weighted by Gasteiger charge is -2.31. The Balaban J connectivity index is 2.47. The maximum Gasteiger partial charge on any atom is 0.123 e. The zero-order chi connectivity index (χ0) is 14.5. The van der Waals surface area contributed by atoms with E-state index in [1.165, 1.54) is 6.07 Å². The van der Waals surface area contributed by atoms with Crippen LogP contribution in [0.3, 0.4) is 0 Å². The Bertz CT molecular complexity index is 388. The predicted octanol–water partition coefficient (Wildman–Crippen LogP) is 3.28. The van der Waals surface area contributed by atoms with Gasteiger partial charge in [0.2, 0.25) is 0 Å². The molecule has 0 amide bonds. The van der Waals surface area contributed by atoms with Crippen molar-refractivity contribution in [3.8, 4) is 0 Å². The fourth-order valence-electron chi connectivity index (χ4n) is 2.27. The Hall–Kier alpha value is -0.930. The van der Waals surface area contributed by atoms with Crippen LogP contribution in [-0.2, 0) is 6.54 Å². The van der Waals surface area contributed by atoms with Gasteiger partial charge < -0.3 is 10.2 Å². The molecular weight excluding hydrogens is 239 g/mol. The fourth-order valence-corrected chi connectivity index (χ4v) is 2.27. The highest BCUT2D eigenvalue weighted by molar-refractivity contribution is 5.16. The SMILES string of the molecule is CC(C)NCC(C)(C)CN(C)Cc1cccc(F)c1. The summed E-state index contributed by atoms with van der Waals surface area (Å²) in [6.07, 6.45) is 0. The summed E-state index contributed by atoms with van der Waals surface area (Å²) in [6, 6.07) is 7.34. The van der Waals surface area contributed by atoms with E-state index in [4.69, 9.17) is 0 Å². The molecule has 0 heterocycles. The molecule has 1 N–H and O–H groups in total. The van der Waals surface area contributed by atoms with E-state index in [1.54, 1.807) is 12.1 Å². The molecule has 0 atom stereocenters. The van der Waals surface area contributed by atoms with Crippen LogP contribution in [0.1, 0.15) is 33.3 Å². The van der Waals surface area contributed by atoms with Gasteiger partial charge in [0.05, 0.1) is 0 Å². The molecule has 0 unspecified atom stereocenters. The number of hydrogen-bond acceptors (Lipinski definition) is 2. The van der Waals surface area contributed by atoms with Gasteiger partial charge in [-0.1, -0.05) is 39.8 Å². The number of nitrogens with one attached hydrogen (secondary N) is 1. The van der Waals surface area contributed by atoms with Crippen LogP contribution in [0.4, 0.5) is 4.39 Å². The summed E-state index contributed by atoms with van der Waals surface area (Å²) in [5.74, 6) is -0.161. The number of nitrogens with zero attached hydrogens (tertiary/aromatic N) is 1. The molecule has 0 saturated carbocycles. The summed E-state index contributed by atoms with van der Waals surface area (Å²) in [7, 11) is 2.09. The number of halogens is 1. The van der Waals surface area contributed by atoms with Crippen LogP contribution in [0.25, 0.3) is 0 Å². The number of hydrogen-bond donors (Lipinski definition) is 1. The van der Waals surface area contributed by atoms with E-state index in [0.29, 0.717) is 6.04 Å². The summed E-state index contributed by atoms with van der Waals surface area (Å²) in [4.78, 5) is 2.25. The second-order valence-corrected chi connectivity index (χ2v) is 6.50. The maximum absolute atomic E-state index is 13.1. The summed E-state index contributed by atoms with van der Waals surface area (Å²) < 4.78 is 13.1. The van der Waals surface area contributed by atoms with Crippen LogP contribution in [0.15, 0.2) is 24.3 Å². The molecule has 1 aromatic carbocycles. The molecule has 0 aliphatic heterocycles. The molecule has 0 aliphatic carbocycles. The Morgan fingerprint density at radius 2 is 2.00 bits per heavy atom. The van der Waals surface area contributed by atoms with Gasteiger partial charge in [0, 0.05) is 25.7 Å². The minimum Gasteiger partial charge on any atom is -0.314 e. The van der Waals surface area contributed by atoms with Crippen molar-refractivity contribution in [3.63, 3.8) is 0 Å². The predicted molar refractivity (Wildman–Crippen MR) is 79.7 cm³/mol. The third-order valence-electron chi connectivity index (χ3n) is 3.03. The van der Waals surface area contributed by atoms with Crippen molar-refractivity contribution < 1.29 is 4.39 Å². The van der Waals surface area contributed by atoms with Crippen molar-refractivity contribution in [2.75, 3.05) is 20.1 Å². The molecule has 2 nitrogen and oxygen atoms in total. The Kier molecular flexibility index (Phi) is 5.95. The van der Waals surface area contributed by atoms with E-state index in [1.807, 2.05) is 6.07 Å². The Morgan fingerprint density at radius 3 is 2.58 bits per heavy atom. The molecule has 3 heteroatoms. The van der Waals surface area contributed by atoms with Gasteiger partial charge in [-0.25, -0.2) is 4.39 Å². The molecule has 19 heavy (non-hydrogen) atoms. The summed E-state index contributed by atoms with van der Waals surface area (Å²) in [6.45, 7) is 11.6. The number of rotatable bonds is 7.